The van der Waals surface area contributed by atoms with Gasteiger partial charge in [-0.05, 0) is 25.7 Å². The fourth-order valence-electron chi connectivity index (χ4n) is 1.92. The van der Waals surface area contributed by atoms with E-state index in [9.17, 15) is 0 Å². The van der Waals surface area contributed by atoms with E-state index in [0.717, 1.165) is 18.8 Å². The molecule has 5 heteroatoms. The van der Waals surface area contributed by atoms with E-state index >= 15 is 0 Å². The first kappa shape index (κ1) is 12.5. The van der Waals surface area contributed by atoms with Crippen LogP contribution in [0.3, 0.4) is 0 Å². The number of nitrogens with two attached hydrogens (primary N) is 1. The van der Waals surface area contributed by atoms with Crippen molar-refractivity contribution in [1.29, 1.82) is 0 Å². The zero-order valence-corrected chi connectivity index (χ0v) is 10.6. The summed E-state index contributed by atoms with van der Waals surface area (Å²) in [7, 11) is 0. The summed E-state index contributed by atoms with van der Waals surface area (Å²) in [4.78, 5) is 4.35. The molecule has 0 saturated heterocycles. The second-order valence-corrected chi connectivity index (χ2v) is 4.63. The van der Waals surface area contributed by atoms with Gasteiger partial charge in [0.1, 0.15) is 6.10 Å². The van der Waals surface area contributed by atoms with Crippen LogP contribution in [0, 0.1) is 5.92 Å². The lowest BCUT2D eigenvalue weighted by Gasteiger charge is -2.09. The molecule has 0 spiro atoms. The first-order chi connectivity index (χ1) is 8.24. The zero-order chi connectivity index (χ0) is 12.3. The average molecular weight is 239 g/mol. The van der Waals surface area contributed by atoms with Gasteiger partial charge in [-0.25, -0.2) is 0 Å². The second kappa shape index (κ2) is 5.60. The Kier molecular flexibility index (Phi) is 4.12. The van der Waals surface area contributed by atoms with Crippen molar-refractivity contribution in [2.75, 3.05) is 6.61 Å². The second-order valence-electron chi connectivity index (χ2n) is 4.63. The van der Waals surface area contributed by atoms with Crippen molar-refractivity contribution in [1.82, 2.24) is 10.1 Å². The van der Waals surface area contributed by atoms with Gasteiger partial charge in [-0.15, -0.1) is 0 Å². The number of ether oxygens (including phenoxy) is 1. The topological polar surface area (TPSA) is 74.2 Å². The van der Waals surface area contributed by atoms with Gasteiger partial charge in [-0.3, -0.25) is 0 Å². The molecule has 1 aromatic heterocycles. The van der Waals surface area contributed by atoms with Crippen molar-refractivity contribution < 1.29 is 9.26 Å². The van der Waals surface area contributed by atoms with Crippen molar-refractivity contribution in [3.63, 3.8) is 0 Å². The molecule has 17 heavy (non-hydrogen) atoms. The van der Waals surface area contributed by atoms with E-state index in [1.807, 2.05) is 13.8 Å². The minimum Gasteiger partial charge on any atom is -0.370 e. The summed E-state index contributed by atoms with van der Waals surface area (Å²) in [5.74, 6) is 1.93. The summed E-state index contributed by atoms with van der Waals surface area (Å²) < 4.78 is 10.8. The van der Waals surface area contributed by atoms with Crippen molar-refractivity contribution in [2.24, 2.45) is 11.7 Å². The Morgan fingerprint density at radius 1 is 1.47 bits per heavy atom. The summed E-state index contributed by atoms with van der Waals surface area (Å²) in [6.07, 6.45) is 4.28. The van der Waals surface area contributed by atoms with Crippen molar-refractivity contribution >= 4 is 0 Å². The van der Waals surface area contributed by atoms with Crippen molar-refractivity contribution in [3.05, 3.63) is 11.7 Å². The molecule has 2 atom stereocenters. The van der Waals surface area contributed by atoms with Crippen LogP contribution in [0.1, 0.15) is 63.4 Å². The van der Waals surface area contributed by atoms with Crippen LogP contribution in [-0.4, -0.2) is 16.7 Å². The smallest absolute Gasteiger partial charge is 0.243 e. The fourth-order valence-corrected chi connectivity index (χ4v) is 1.92. The molecule has 5 nitrogen and oxygen atoms in total. The highest BCUT2D eigenvalue weighted by atomic mass is 16.5. The van der Waals surface area contributed by atoms with Gasteiger partial charge in [0.2, 0.25) is 11.7 Å². The largest absolute Gasteiger partial charge is 0.370 e. The number of nitrogens with zero attached hydrogens (tertiary/aromatic N) is 2. The molecule has 0 radical (unpaired) electrons. The minimum atomic E-state index is -0.122. The van der Waals surface area contributed by atoms with Crippen LogP contribution in [0.2, 0.25) is 0 Å². The van der Waals surface area contributed by atoms with E-state index in [2.05, 4.69) is 10.1 Å². The Labute approximate surface area is 102 Å². The normalized spacial score (nSPS) is 19.2. The molecule has 1 unspecified atom stereocenters. The van der Waals surface area contributed by atoms with Gasteiger partial charge >= 0.3 is 0 Å². The molecule has 1 saturated carbocycles. The summed E-state index contributed by atoms with van der Waals surface area (Å²) >= 11 is 0. The van der Waals surface area contributed by atoms with E-state index in [-0.39, 0.29) is 12.1 Å². The number of rotatable bonds is 7. The summed E-state index contributed by atoms with van der Waals surface area (Å²) in [5.41, 5.74) is 6.03. The SMILES string of the molecule is CCOC(CC)c1noc([C@@H](N)CC2CC2)n1. The summed E-state index contributed by atoms with van der Waals surface area (Å²) in [6.45, 7) is 4.65. The molecule has 0 aromatic carbocycles. The molecule has 1 aromatic rings. The highest BCUT2D eigenvalue weighted by Gasteiger charge is 2.27. The molecule has 0 bridgehead atoms. The van der Waals surface area contributed by atoms with Crippen molar-refractivity contribution in [2.45, 2.75) is 51.7 Å². The molecule has 96 valence electrons. The van der Waals surface area contributed by atoms with Gasteiger partial charge < -0.3 is 15.0 Å². The van der Waals surface area contributed by atoms with Gasteiger partial charge in [-0.1, -0.05) is 24.9 Å². The average Bonchev–Trinajstić information content (AvgIpc) is 2.99. The third-order valence-electron chi connectivity index (χ3n) is 3.09. The minimum absolute atomic E-state index is 0.0781. The van der Waals surface area contributed by atoms with Crippen LogP contribution in [0.5, 0.6) is 0 Å². The molecule has 0 aliphatic heterocycles. The lowest BCUT2D eigenvalue weighted by atomic mass is 10.1. The van der Waals surface area contributed by atoms with E-state index in [1.54, 1.807) is 0 Å². The van der Waals surface area contributed by atoms with Crippen LogP contribution in [-0.2, 0) is 4.74 Å². The predicted octanol–water partition coefficient (Wildman–Crippen LogP) is 2.36. The van der Waals surface area contributed by atoms with Gasteiger partial charge in [0.05, 0.1) is 6.04 Å². The standard InChI is InChI=1S/C12H21N3O2/c1-3-10(16-4-2)11-14-12(17-15-11)9(13)7-8-5-6-8/h8-10H,3-7,13H2,1-2H3/t9-,10?/m0/s1. The van der Waals surface area contributed by atoms with Crippen LogP contribution in [0.15, 0.2) is 4.52 Å². The van der Waals surface area contributed by atoms with Crippen LogP contribution in [0.4, 0.5) is 0 Å². The fraction of sp³-hybridized carbons (Fsp3) is 0.833. The third-order valence-corrected chi connectivity index (χ3v) is 3.09. The maximum atomic E-state index is 6.03. The molecule has 2 N–H and O–H groups in total. The van der Waals surface area contributed by atoms with E-state index in [1.165, 1.54) is 12.8 Å². The van der Waals surface area contributed by atoms with Crippen LogP contribution >= 0.6 is 0 Å². The molecule has 1 aliphatic rings. The Morgan fingerprint density at radius 3 is 2.82 bits per heavy atom. The van der Waals surface area contributed by atoms with Crippen LogP contribution in [0.25, 0.3) is 0 Å². The van der Waals surface area contributed by atoms with Crippen molar-refractivity contribution in [3.8, 4) is 0 Å². The maximum absolute atomic E-state index is 6.03. The van der Waals surface area contributed by atoms with Gasteiger partial charge in [0.15, 0.2) is 0 Å². The maximum Gasteiger partial charge on any atom is 0.243 e. The first-order valence-electron chi connectivity index (χ1n) is 6.45. The van der Waals surface area contributed by atoms with E-state index in [4.69, 9.17) is 15.0 Å². The number of hydrogen-bond acceptors (Lipinski definition) is 5. The van der Waals surface area contributed by atoms with E-state index in [0.29, 0.717) is 18.3 Å². The summed E-state index contributed by atoms with van der Waals surface area (Å²) in [6, 6.07) is -0.122. The van der Waals surface area contributed by atoms with Gasteiger partial charge in [-0.2, -0.15) is 4.98 Å². The van der Waals surface area contributed by atoms with Gasteiger partial charge in [0, 0.05) is 6.61 Å². The predicted molar refractivity (Wildman–Crippen MR) is 63.2 cm³/mol. The van der Waals surface area contributed by atoms with E-state index < -0.39 is 0 Å². The molecule has 2 rings (SSSR count). The third kappa shape index (κ3) is 3.26. The molecule has 0 amide bonds. The molecular weight excluding hydrogens is 218 g/mol. The molecule has 1 aliphatic carbocycles. The quantitative estimate of drug-likeness (QED) is 0.790. The summed E-state index contributed by atoms with van der Waals surface area (Å²) in [5, 5.41) is 3.96. The lowest BCUT2D eigenvalue weighted by molar-refractivity contribution is 0.0518. The number of hydrogen-bond donors (Lipinski definition) is 1. The highest BCUT2D eigenvalue weighted by Crippen LogP contribution is 2.36. The number of aromatic nitrogens is 2. The molecule has 1 heterocycles. The Bertz CT molecular complexity index is 349. The van der Waals surface area contributed by atoms with Gasteiger partial charge in [0.25, 0.3) is 0 Å². The molecule has 1 fully saturated rings. The van der Waals surface area contributed by atoms with Crippen LogP contribution < -0.4 is 5.73 Å². The first-order valence-corrected chi connectivity index (χ1v) is 6.45. The Hall–Kier alpha value is -0.940. The zero-order valence-electron chi connectivity index (χ0n) is 10.6. The Balaban J connectivity index is 1.97. The lowest BCUT2D eigenvalue weighted by Crippen LogP contribution is -2.12. The molecular formula is C12H21N3O2. The monoisotopic (exact) mass is 239 g/mol. The Morgan fingerprint density at radius 2 is 2.24 bits per heavy atom. The highest BCUT2D eigenvalue weighted by molar-refractivity contribution is 4.96.